The molecule has 3 N–H and O–H groups in total. The number of hydrogen-bond donors (Lipinski definition) is 2. The van der Waals surface area contributed by atoms with Crippen LogP contribution in [0.25, 0.3) is 27.8 Å². The minimum Gasteiger partial charge on any atom is -0.346 e. The van der Waals surface area contributed by atoms with Crippen molar-refractivity contribution in [3.05, 3.63) is 65.2 Å². The van der Waals surface area contributed by atoms with Gasteiger partial charge in [0.2, 0.25) is 0 Å². The number of aromatic nitrogens is 5. The van der Waals surface area contributed by atoms with Crippen molar-refractivity contribution in [3.63, 3.8) is 0 Å². The lowest BCUT2D eigenvalue weighted by molar-refractivity contribution is 0.616. The fraction of sp³-hybridized carbons (Fsp3) is 0.118. The first-order valence-corrected chi connectivity index (χ1v) is 7.71. The van der Waals surface area contributed by atoms with E-state index >= 15 is 0 Å². The molecule has 9 heteroatoms. The summed E-state index contributed by atoms with van der Waals surface area (Å²) in [7, 11) is 0. The molecule has 0 aliphatic carbocycles. The molecule has 0 atom stereocenters. The SMILES string of the molecule is Cl.NC/C(=C\F)Cn1nc2cc(-c3c[nH]c4ncccc34)ccn2c1=O. The summed E-state index contributed by atoms with van der Waals surface area (Å²) in [6.07, 6.45) is 5.67. The highest BCUT2D eigenvalue weighted by Crippen LogP contribution is 2.27. The monoisotopic (exact) mass is 374 g/mol. The van der Waals surface area contributed by atoms with Crippen LogP contribution in [0.1, 0.15) is 0 Å². The van der Waals surface area contributed by atoms with Gasteiger partial charge in [0.1, 0.15) is 5.65 Å². The Morgan fingerprint density at radius 1 is 1.38 bits per heavy atom. The van der Waals surface area contributed by atoms with Crippen LogP contribution < -0.4 is 11.4 Å². The lowest BCUT2D eigenvalue weighted by Gasteiger charge is -1.99. The molecule has 4 heterocycles. The largest absolute Gasteiger partial charge is 0.350 e. The van der Waals surface area contributed by atoms with E-state index in [1.54, 1.807) is 12.4 Å². The van der Waals surface area contributed by atoms with Gasteiger partial charge in [0.15, 0.2) is 5.65 Å². The molecule has 0 saturated heterocycles. The minimum absolute atomic E-state index is 0. The molecule has 0 aliphatic heterocycles. The lowest BCUT2D eigenvalue weighted by atomic mass is 10.1. The summed E-state index contributed by atoms with van der Waals surface area (Å²) in [5.41, 5.74) is 8.56. The van der Waals surface area contributed by atoms with Crippen LogP contribution in [0, 0.1) is 0 Å². The van der Waals surface area contributed by atoms with Crippen molar-refractivity contribution >= 4 is 29.1 Å². The molecule has 0 saturated carbocycles. The number of rotatable bonds is 4. The molecule has 134 valence electrons. The van der Waals surface area contributed by atoms with Gasteiger partial charge in [-0.05, 0) is 35.4 Å². The average Bonchev–Trinajstić information content (AvgIpc) is 3.21. The maximum absolute atomic E-state index is 12.7. The highest BCUT2D eigenvalue weighted by atomic mass is 35.5. The summed E-state index contributed by atoms with van der Waals surface area (Å²) < 4.78 is 15.3. The molecule has 0 fully saturated rings. The topological polar surface area (TPSA) is 94.0 Å². The van der Waals surface area contributed by atoms with Gasteiger partial charge in [0, 0.05) is 36.1 Å². The Balaban J connectivity index is 0.00000196. The fourth-order valence-corrected chi connectivity index (χ4v) is 2.82. The molecule has 0 aromatic carbocycles. The normalized spacial score (nSPS) is 11.8. The number of pyridine rings is 2. The molecule has 0 amide bonds. The van der Waals surface area contributed by atoms with Gasteiger partial charge in [-0.1, -0.05) is 0 Å². The summed E-state index contributed by atoms with van der Waals surface area (Å²) >= 11 is 0. The third-order valence-electron chi connectivity index (χ3n) is 4.12. The Morgan fingerprint density at radius 2 is 2.23 bits per heavy atom. The predicted octanol–water partition coefficient (Wildman–Crippen LogP) is 2.27. The number of halogens is 2. The fourth-order valence-electron chi connectivity index (χ4n) is 2.82. The quantitative estimate of drug-likeness (QED) is 0.573. The molecular formula is C17H16ClFN6O. The number of aromatic amines is 1. The molecule has 4 aromatic heterocycles. The van der Waals surface area contributed by atoms with E-state index in [2.05, 4.69) is 15.1 Å². The first-order chi connectivity index (χ1) is 12.2. The number of nitrogens with one attached hydrogen (secondary N) is 1. The van der Waals surface area contributed by atoms with Crippen LogP contribution in [0.5, 0.6) is 0 Å². The van der Waals surface area contributed by atoms with Crippen molar-refractivity contribution in [1.29, 1.82) is 0 Å². The Hall–Kier alpha value is -2.97. The van der Waals surface area contributed by atoms with Crippen molar-refractivity contribution in [3.8, 4) is 11.1 Å². The van der Waals surface area contributed by atoms with Crippen molar-refractivity contribution < 1.29 is 4.39 Å². The molecule has 0 unspecified atom stereocenters. The van der Waals surface area contributed by atoms with E-state index in [4.69, 9.17) is 5.73 Å². The zero-order valence-corrected chi connectivity index (χ0v) is 14.4. The van der Waals surface area contributed by atoms with Gasteiger partial charge in [-0.25, -0.2) is 18.9 Å². The standard InChI is InChI=1S/C17H15FN6O.ClH/c18-7-11(8-19)10-24-17(25)23-5-3-12(6-15(23)22-24)14-9-21-16-13(14)2-1-4-20-16;/h1-7,9H,8,10,19H2,(H,20,21);1H/b11-7+;. The number of nitrogens with zero attached hydrogens (tertiary/aromatic N) is 4. The van der Waals surface area contributed by atoms with Gasteiger partial charge < -0.3 is 10.7 Å². The van der Waals surface area contributed by atoms with Crippen LogP contribution in [0.15, 0.2) is 59.6 Å². The van der Waals surface area contributed by atoms with E-state index in [9.17, 15) is 9.18 Å². The predicted molar refractivity (Wildman–Crippen MR) is 100 cm³/mol. The van der Waals surface area contributed by atoms with Gasteiger partial charge in [0.05, 0.1) is 12.9 Å². The van der Waals surface area contributed by atoms with E-state index in [-0.39, 0.29) is 31.2 Å². The minimum atomic E-state index is -0.338. The zero-order valence-electron chi connectivity index (χ0n) is 13.6. The van der Waals surface area contributed by atoms with Gasteiger partial charge >= 0.3 is 5.69 Å². The summed E-state index contributed by atoms with van der Waals surface area (Å²) in [6.45, 7) is 0.0598. The van der Waals surface area contributed by atoms with Crippen molar-refractivity contribution in [2.24, 2.45) is 5.73 Å². The van der Waals surface area contributed by atoms with E-state index in [0.717, 1.165) is 22.2 Å². The highest BCUT2D eigenvalue weighted by molar-refractivity contribution is 5.93. The molecule has 0 bridgehead atoms. The Bertz CT molecular complexity index is 1160. The molecule has 0 radical (unpaired) electrons. The third-order valence-corrected chi connectivity index (χ3v) is 4.12. The Kier molecular flexibility index (Phi) is 4.88. The summed E-state index contributed by atoms with van der Waals surface area (Å²) in [6, 6.07) is 7.50. The second kappa shape index (κ2) is 7.11. The smallest absolute Gasteiger partial charge is 0.346 e. The van der Waals surface area contributed by atoms with Gasteiger partial charge in [-0.2, -0.15) is 0 Å². The van der Waals surface area contributed by atoms with E-state index in [0.29, 0.717) is 17.6 Å². The second-order valence-electron chi connectivity index (χ2n) is 5.66. The van der Waals surface area contributed by atoms with E-state index < -0.39 is 0 Å². The molecule has 4 rings (SSSR count). The van der Waals surface area contributed by atoms with Crippen molar-refractivity contribution in [2.45, 2.75) is 6.54 Å². The molecule has 4 aromatic rings. The first-order valence-electron chi connectivity index (χ1n) is 7.71. The van der Waals surface area contributed by atoms with Crippen molar-refractivity contribution in [1.82, 2.24) is 24.1 Å². The van der Waals surface area contributed by atoms with Gasteiger partial charge in [-0.3, -0.25) is 4.40 Å². The maximum atomic E-state index is 12.7. The summed E-state index contributed by atoms with van der Waals surface area (Å²) in [5.74, 6) is 0. The Labute approximate surface area is 153 Å². The van der Waals surface area contributed by atoms with Crippen molar-refractivity contribution in [2.75, 3.05) is 6.54 Å². The van der Waals surface area contributed by atoms with Crippen LogP contribution in [0.3, 0.4) is 0 Å². The summed E-state index contributed by atoms with van der Waals surface area (Å²) in [4.78, 5) is 19.8. The highest BCUT2D eigenvalue weighted by Gasteiger charge is 2.12. The molecular weight excluding hydrogens is 359 g/mol. The molecule has 7 nitrogen and oxygen atoms in total. The first kappa shape index (κ1) is 17.8. The van der Waals surface area contributed by atoms with Crippen LogP contribution in [-0.2, 0) is 6.54 Å². The molecule has 26 heavy (non-hydrogen) atoms. The molecule has 0 spiro atoms. The average molecular weight is 375 g/mol. The zero-order chi connectivity index (χ0) is 17.4. The van der Waals surface area contributed by atoms with Crippen LogP contribution in [0.2, 0.25) is 0 Å². The number of H-pyrrole nitrogens is 1. The third kappa shape index (κ3) is 2.89. The molecule has 0 aliphatic rings. The van der Waals surface area contributed by atoms with Crippen LogP contribution in [0.4, 0.5) is 4.39 Å². The number of nitrogens with two attached hydrogens (primary N) is 1. The lowest BCUT2D eigenvalue weighted by Crippen LogP contribution is -2.23. The van der Waals surface area contributed by atoms with Crippen LogP contribution in [-0.4, -0.2) is 30.7 Å². The Morgan fingerprint density at radius 3 is 3.00 bits per heavy atom. The number of fused-ring (bicyclic) bond motifs is 2. The van der Waals surface area contributed by atoms with E-state index in [1.807, 2.05) is 30.5 Å². The second-order valence-corrected chi connectivity index (χ2v) is 5.66. The van der Waals surface area contributed by atoms with Crippen LogP contribution >= 0.6 is 12.4 Å². The van der Waals surface area contributed by atoms with Gasteiger partial charge in [0.25, 0.3) is 0 Å². The van der Waals surface area contributed by atoms with E-state index in [1.165, 1.54) is 9.08 Å². The maximum Gasteiger partial charge on any atom is 0.350 e. The summed E-state index contributed by atoms with van der Waals surface area (Å²) in [5, 5.41) is 5.26. The van der Waals surface area contributed by atoms with Gasteiger partial charge in [-0.15, -0.1) is 17.5 Å². The number of hydrogen-bond acceptors (Lipinski definition) is 4.